The molecule has 4 rings (SSSR count). The van der Waals surface area contributed by atoms with E-state index >= 15 is 0 Å². The fourth-order valence-corrected chi connectivity index (χ4v) is 4.22. The molecule has 0 bridgehead atoms. The van der Waals surface area contributed by atoms with Gasteiger partial charge in [0.15, 0.2) is 0 Å². The van der Waals surface area contributed by atoms with E-state index in [9.17, 15) is 17.6 Å². The summed E-state index contributed by atoms with van der Waals surface area (Å²) in [6, 6.07) is 21.2. The summed E-state index contributed by atoms with van der Waals surface area (Å²) in [5, 5.41) is 5.86. The van der Waals surface area contributed by atoms with E-state index in [2.05, 4.69) is 9.82 Å². The van der Waals surface area contributed by atoms with Gasteiger partial charge in [-0.05, 0) is 42.8 Å². The van der Waals surface area contributed by atoms with Gasteiger partial charge in [0.1, 0.15) is 5.82 Å². The molecule has 3 aromatic rings. The number of rotatable bonds is 6. The van der Waals surface area contributed by atoms with Gasteiger partial charge < -0.3 is 0 Å². The molecule has 0 saturated heterocycles. The smallest absolute Gasteiger partial charge is 0.274 e. The third kappa shape index (κ3) is 4.55. The molecular weight excluding hydrogens is 429 g/mol. The first-order chi connectivity index (χ1) is 15.4. The van der Waals surface area contributed by atoms with Crippen molar-refractivity contribution >= 4 is 27.3 Å². The van der Waals surface area contributed by atoms with Gasteiger partial charge in [-0.25, -0.2) is 17.8 Å². The molecule has 0 aromatic heterocycles. The molecule has 0 fully saturated rings. The molecule has 1 N–H and O–H groups in total. The van der Waals surface area contributed by atoms with E-state index in [1.807, 2.05) is 6.07 Å². The number of halogens is 1. The number of carbonyl (C=O) groups excluding carboxylic acids is 1. The zero-order valence-electron chi connectivity index (χ0n) is 17.4. The second-order valence-electron chi connectivity index (χ2n) is 7.39. The van der Waals surface area contributed by atoms with Crippen LogP contribution in [0.2, 0.25) is 0 Å². The maximum Gasteiger partial charge on any atom is 0.274 e. The molecule has 0 saturated carbocycles. The van der Waals surface area contributed by atoms with Crippen LogP contribution in [0.25, 0.3) is 0 Å². The predicted octanol–water partition coefficient (Wildman–Crippen LogP) is 4.58. The first kappa shape index (κ1) is 21.7. The zero-order chi connectivity index (χ0) is 22.7. The van der Waals surface area contributed by atoms with Crippen molar-refractivity contribution in [3.05, 3.63) is 101 Å². The van der Waals surface area contributed by atoms with Crippen LogP contribution >= 0.6 is 0 Å². The van der Waals surface area contributed by atoms with Crippen LogP contribution < -0.4 is 4.72 Å². The van der Waals surface area contributed by atoms with Gasteiger partial charge in [-0.1, -0.05) is 48.5 Å². The Morgan fingerprint density at radius 3 is 2.50 bits per heavy atom. The normalized spacial score (nSPS) is 16.0. The summed E-state index contributed by atoms with van der Waals surface area (Å²) in [5.74, 6) is -0.798. The van der Waals surface area contributed by atoms with Crippen molar-refractivity contribution < 1.29 is 17.6 Å². The molecule has 1 aliphatic rings. The Hall–Kier alpha value is -3.52. The summed E-state index contributed by atoms with van der Waals surface area (Å²) >= 11 is 0. The summed E-state index contributed by atoms with van der Waals surface area (Å²) < 4.78 is 41.0. The number of sulfonamides is 1. The van der Waals surface area contributed by atoms with Crippen molar-refractivity contribution in [3.8, 4) is 0 Å². The van der Waals surface area contributed by atoms with Crippen LogP contribution in [0.15, 0.2) is 84.0 Å². The molecule has 3 aromatic carbocycles. The van der Waals surface area contributed by atoms with Crippen LogP contribution in [-0.2, 0) is 10.0 Å². The molecule has 32 heavy (non-hydrogen) atoms. The fourth-order valence-electron chi connectivity index (χ4n) is 3.59. The van der Waals surface area contributed by atoms with E-state index in [4.69, 9.17) is 0 Å². The van der Waals surface area contributed by atoms with Crippen molar-refractivity contribution in [3.63, 3.8) is 0 Å². The third-order valence-corrected chi connectivity index (χ3v) is 6.56. The Balaban J connectivity index is 1.72. The second-order valence-corrected chi connectivity index (χ2v) is 9.40. The highest BCUT2D eigenvalue weighted by Crippen LogP contribution is 2.35. The van der Waals surface area contributed by atoms with Gasteiger partial charge in [0.2, 0.25) is 10.0 Å². The van der Waals surface area contributed by atoms with Crippen molar-refractivity contribution in [1.82, 2.24) is 5.01 Å². The summed E-state index contributed by atoms with van der Waals surface area (Å²) in [7, 11) is -3.44. The Morgan fingerprint density at radius 1 is 1.06 bits per heavy atom. The maximum absolute atomic E-state index is 14.6. The van der Waals surface area contributed by atoms with E-state index < -0.39 is 21.9 Å². The van der Waals surface area contributed by atoms with Crippen LogP contribution in [0.3, 0.4) is 0 Å². The third-order valence-electron chi connectivity index (χ3n) is 5.25. The fraction of sp³-hybridized carbons (Fsp3) is 0.167. The van der Waals surface area contributed by atoms with Gasteiger partial charge in [0.25, 0.3) is 5.91 Å². The number of benzene rings is 3. The number of hydrazone groups is 1. The van der Waals surface area contributed by atoms with Gasteiger partial charge in [-0.2, -0.15) is 5.10 Å². The first-order valence-corrected chi connectivity index (χ1v) is 11.8. The molecule has 0 unspecified atom stereocenters. The van der Waals surface area contributed by atoms with Gasteiger partial charge in [0.05, 0.1) is 17.5 Å². The Bertz CT molecular complexity index is 1280. The summed E-state index contributed by atoms with van der Waals surface area (Å²) in [6.07, 6.45) is 0.295. The van der Waals surface area contributed by atoms with Gasteiger partial charge in [0, 0.05) is 23.2 Å². The van der Waals surface area contributed by atoms with E-state index in [1.165, 1.54) is 11.1 Å². The highest BCUT2D eigenvalue weighted by Gasteiger charge is 2.35. The van der Waals surface area contributed by atoms with Crippen molar-refractivity contribution in [2.75, 3.05) is 10.5 Å². The second kappa shape index (κ2) is 8.92. The quantitative estimate of drug-likeness (QED) is 0.596. The highest BCUT2D eigenvalue weighted by molar-refractivity contribution is 7.92. The van der Waals surface area contributed by atoms with Crippen molar-refractivity contribution in [1.29, 1.82) is 0 Å². The minimum Gasteiger partial charge on any atom is -0.284 e. The van der Waals surface area contributed by atoms with Gasteiger partial charge >= 0.3 is 0 Å². The number of carbonyl (C=O) groups is 1. The molecule has 8 heteroatoms. The summed E-state index contributed by atoms with van der Waals surface area (Å²) in [4.78, 5) is 13.2. The van der Waals surface area contributed by atoms with Crippen LogP contribution in [-0.4, -0.2) is 30.8 Å². The van der Waals surface area contributed by atoms with Crippen LogP contribution in [0, 0.1) is 5.82 Å². The Labute approximate surface area is 186 Å². The number of nitrogens with zero attached hydrogens (tertiary/aromatic N) is 2. The lowest BCUT2D eigenvalue weighted by molar-refractivity contribution is 0.0708. The van der Waals surface area contributed by atoms with E-state index in [0.717, 1.165) is 0 Å². The van der Waals surface area contributed by atoms with E-state index in [1.54, 1.807) is 73.7 Å². The lowest BCUT2D eigenvalue weighted by atomic mass is 9.97. The molecule has 0 aliphatic carbocycles. The van der Waals surface area contributed by atoms with Crippen LogP contribution in [0.1, 0.15) is 40.9 Å². The summed E-state index contributed by atoms with van der Waals surface area (Å²) in [6.45, 7) is 1.55. The minimum atomic E-state index is -3.44. The molecule has 0 spiro atoms. The van der Waals surface area contributed by atoms with E-state index in [-0.39, 0.29) is 11.7 Å². The number of anilines is 1. The predicted molar refractivity (Wildman–Crippen MR) is 122 cm³/mol. The molecule has 0 radical (unpaired) electrons. The molecule has 6 nitrogen and oxygen atoms in total. The lowest BCUT2D eigenvalue weighted by Gasteiger charge is -2.22. The Morgan fingerprint density at radius 2 is 1.78 bits per heavy atom. The minimum absolute atomic E-state index is 0.0487. The summed E-state index contributed by atoms with van der Waals surface area (Å²) in [5.41, 5.74) is 2.45. The number of hydrogen-bond acceptors (Lipinski definition) is 4. The number of hydrogen-bond donors (Lipinski definition) is 1. The topological polar surface area (TPSA) is 78.8 Å². The average Bonchev–Trinajstić information content (AvgIpc) is 3.24. The highest BCUT2D eigenvalue weighted by atomic mass is 32.2. The first-order valence-electron chi connectivity index (χ1n) is 10.2. The standard InChI is InChI=1S/C24H22FN3O3S/c1-2-32(30,31)27-19-12-8-11-18(15-19)22-16-23(20-13-6-7-14-21(20)25)28(26-22)24(29)17-9-4-3-5-10-17/h3-15,23,27H,2,16H2,1H3/t23-/m1/s1. The maximum atomic E-state index is 14.6. The van der Waals surface area contributed by atoms with E-state index in [0.29, 0.717) is 34.5 Å². The Kier molecular flexibility index (Phi) is 6.05. The molecule has 1 atom stereocenters. The largest absolute Gasteiger partial charge is 0.284 e. The lowest BCUT2D eigenvalue weighted by Crippen LogP contribution is -2.27. The van der Waals surface area contributed by atoms with Gasteiger partial charge in [-0.15, -0.1) is 0 Å². The average molecular weight is 452 g/mol. The van der Waals surface area contributed by atoms with Gasteiger partial charge in [-0.3, -0.25) is 9.52 Å². The molecule has 1 heterocycles. The monoisotopic (exact) mass is 451 g/mol. The molecule has 1 aliphatic heterocycles. The molecule has 1 amide bonds. The number of amides is 1. The number of nitrogens with one attached hydrogen (secondary N) is 1. The van der Waals surface area contributed by atoms with Crippen LogP contribution in [0.5, 0.6) is 0 Å². The van der Waals surface area contributed by atoms with Crippen molar-refractivity contribution in [2.45, 2.75) is 19.4 Å². The SMILES string of the molecule is CCS(=O)(=O)Nc1cccc(C2=NN(C(=O)c3ccccc3)[C@@H](c3ccccc3F)C2)c1. The van der Waals surface area contributed by atoms with Crippen molar-refractivity contribution in [2.24, 2.45) is 5.10 Å². The molecule has 164 valence electrons. The zero-order valence-corrected chi connectivity index (χ0v) is 18.2. The molecular formula is C24H22FN3O3S. The van der Waals surface area contributed by atoms with Crippen LogP contribution in [0.4, 0.5) is 10.1 Å².